The number of thiocarbonyl (C=S) groups is 1. The smallest absolute Gasteiger partial charge is 0.276 e. The molecule has 2 aromatic rings. The van der Waals surface area contributed by atoms with Crippen molar-refractivity contribution in [2.24, 2.45) is 0 Å². The Balaban J connectivity index is 1.76. The average Bonchev–Trinajstić information content (AvgIpc) is 2.76. The Morgan fingerprint density at radius 1 is 1.06 bits per heavy atom. The van der Waals surface area contributed by atoms with Crippen LogP contribution in [0.3, 0.4) is 0 Å². The summed E-state index contributed by atoms with van der Waals surface area (Å²) < 4.78 is 16.7. The van der Waals surface area contributed by atoms with Crippen molar-refractivity contribution in [3.63, 3.8) is 0 Å². The molecule has 0 aliphatic carbocycles. The Kier molecular flexibility index (Phi) is 9.29. The van der Waals surface area contributed by atoms with E-state index in [0.717, 1.165) is 15.6 Å². The van der Waals surface area contributed by atoms with Gasteiger partial charge in [0.2, 0.25) is 5.91 Å². The van der Waals surface area contributed by atoms with Gasteiger partial charge in [0.1, 0.15) is 5.75 Å². The lowest BCUT2D eigenvalue weighted by Crippen LogP contribution is -2.49. The van der Waals surface area contributed by atoms with E-state index < -0.39 is 11.8 Å². The Hall–Kier alpha value is -3.11. The summed E-state index contributed by atoms with van der Waals surface area (Å²) in [6, 6.07) is 10.6. The van der Waals surface area contributed by atoms with Crippen molar-refractivity contribution in [1.29, 1.82) is 0 Å². The minimum absolute atomic E-state index is 0.0604. The number of methoxy groups -OCH3 is 2. The molecule has 0 atom stereocenters. The number of hydrogen-bond acceptors (Lipinski definition) is 6. The lowest BCUT2D eigenvalue weighted by molar-refractivity contribution is -0.123. The van der Waals surface area contributed by atoms with Crippen LogP contribution in [0.25, 0.3) is 6.08 Å². The molecule has 164 valence electrons. The summed E-state index contributed by atoms with van der Waals surface area (Å²) in [5.41, 5.74) is 6.52. The first-order valence-electron chi connectivity index (χ1n) is 9.01. The molecule has 0 heterocycles. The van der Waals surface area contributed by atoms with Crippen LogP contribution in [0.2, 0.25) is 0 Å². The molecule has 0 unspecified atom stereocenters. The summed E-state index contributed by atoms with van der Waals surface area (Å²) in [6.07, 6.45) is 2.89. The monoisotopic (exact) mass is 507 g/mol. The first-order chi connectivity index (χ1) is 14.8. The largest absolute Gasteiger partial charge is 0.493 e. The van der Waals surface area contributed by atoms with Crippen LogP contribution >= 0.6 is 28.1 Å². The van der Waals surface area contributed by atoms with Crippen LogP contribution in [0, 0.1) is 6.92 Å². The summed E-state index contributed by atoms with van der Waals surface area (Å²) >= 11 is 8.38. The molecule has 31 heavy (non-hydrogen) atoms. The maximum absolute atomic E-state index is 12.0. The standard InChI is InChI=1S/C21H22BrN3O5S/c1-13-10-15(6-7-16(13)22)30-12-20(27)24-25-21(31)23-19(26)9-5-14-4-8-17(28-2)18(11-14)29-3/h4-11H,12H2,1-3H3,(H,24,27)(H2,23,25,26,31). The minimum atomic E-state index is -0.469. The summed E-state index contributed by atoms with van der Waals surface area (Å²) in [4.78, 5) is 23.9. The van der Waals surface area contributed by atoms with Gasteiger partial charge in [-0.1, -0.05) is 22.0 Å². The van der Waals surface area contributed by atoms with Gasteiger partial charge in [0.25, 0.3) is 5.91 Å². The lowest BCUT2D eigenvalue weighted by atomic mass is 10.2. The van der Waals surface area contributed by atoms with E-state index in [9.17, 15) is 9.59 Å². The normalized spacial score (nSPS) is 10.3. The van der Waals surface area contributed by atoms with E-state index >= 15 is 0 Å². The highest BCUT2D eigenvalue weighted by Crippen LogP contribution is 2.27. The van der Waals surface area contributed by atoms with E-state index in [2.05, 4.69) is 32.1 Å². The summed E-state index contributed by atoms with van der Waals surface area (Å²) in [7, 11) is 3.07. The van der Waals surface area contributed by atoms with Gasteiger partial charge in [0.05, 0.1) is 14.2 Å². The number of aryl methyl sites for hydroxylation is 1. The molecule has 0 saturated carbocycles. The molecule has 2 aromatic carbocycles. The number of ether oxygens (including phenoxy) is 3. The van der Waals surface area contributed by atoms with E-state index in [0.29, 0.717) is 17.2 Å². The molecule has 0 radical (unpaired) electrons. The quantitative estimate of drug-likeness (QED) is 0.301. The third kappa shape index (κ3) is 7.91. The zero-order valence-electron chi connectivity index (χ0n) is 17.2. The zero-order valence-corrected chi connectivity index (χ0v) is 19.6. The molecule has 3 N–H and O–H groups in total. The van der Waals surface area contributed by atoms with E-state index in [1.165, 1.54) is 13.2 Å². The number of halogens is 1. The summed E-state index contributed by atoms with van der Waals surface area (Å²) in [5.74, 6) is 0.767. The van der Waals surface area contributed by atoms with Crippen LogP contribution in [0.4, 0.5) is 0 Å². The second-order valence-corrected chi connectivity index (χ2v) is 7.40. The van der Waals surface area contributed by atoms with Crippen molar-refractivity contribution in [3.05, 3.63) is 58.1 Å². The highest BCUT2D eigenvalue weighted by Gasteiger charge is 2.07. The van der Waals surface area contributed by atoms with E-state index in [-0.39, 0.29) is 11.7 Å². The summed E-state index contributed by atoms with van der Waals surface area (Å²) in [6.45, 7) is 1.70. The van der Waals surface area contributed by atoms with Crippen LogP contribution in [-0.4, -0.2) is 37.8 Å². The Morgan fingerprint density at radius 2 is 1.81 bits per heavy atom. The van der Waals surface area contributed by atoms with E-state index in [1.807, 2.05) is 13.0 Å². The first kappa shape index (κ1) is 24.2. The number of carbonyl (C=O) groups excluding carboxylic acids is 2. The lowest BCUT2D eigenvalue weighted by Gasteiger charge is -2.11. The SMILES string of the molecule is COc1ccc(C=CC(=O)NC(=S)NNC(=O)COc2ccc(Br)c(C)c2)cc1OC. The fourth-order valence-corrected chi connectivity index (χ4v) is 2.73. The van der Waals surface area contributed by atoms with Crippen molar-refractivity contribution in [2.45, 2.75) is 6.92 Å². The van der Waals surface area contributed by atoms with Gasteiger partial charge < -0.3 is 14.2 Å². The fourth-order valence-electron chi connectivity index (χ4n) is 2.33. The van der Waals surface area contributed by atoms with Gasteiger partial charge in [-0.15, -0.1) is 0 Å². The molecule has 2 amide bonds. The van der Waals surface area contributed by atoms with E-state index in [1.54, 1.807) is 43.5 Å². The molecule has 0 saturated heterocycles. The molecular formula is C21H22BrN3O5S. The number of amides is 2. The maximum atomic E-state index is 12.0. The molecule has 0 spiro atoms. The Bertz CT molecular complexity index is 997. The molecule has 0 aliphatic rings. The molecule has 10 heteroatoms. The number of nitrogens with one attached hydrogen (secondary N) is 3. The van der Waals surface area contributed by atoms with Crippen molar-refractivity contribution >= 4 is 51.2 Å². The van der Waals surface area contributed by atoms with Gasteiger partial charge in [-0.3, -0.25) is 25.8 Å². The van der Waals surface area contributed by atoms with Crippen molar-refractivity contribution < 1.29 is 23.8 Å². The van der Waals surface area contributed by atoms with Crippen LogP contribution in [0.5, 0.6) is 17.2 Å². The fraction of sp³-hybridized carbons (Fsp3) is 0.190. The Morgan fingerprint density at radius 3 is 2.48 bits per heavy atom. The predicted molar refractivity (Wildman–Crippen MR) is 125 cm³/mol. The van der Waals surface area contributed by atoms with Gasteiger partial charge in [-0.05, 0) is 66.7 Å². The van der Waals surface area contributed by atoms with E-state index in [4.69, 9.17) is 26.4 Å². The van der Waals surface area contributed by atoms with Gasteiger partial charge in [-0.2, -0.15) is 0 Å². The van der Waals surface area contributed by atoms with Crippen LogP contribution < -0.4 is 30.4 Å². The molecule has 0 aliphatic heterocycles. The van der Waals surface area contributed by atoms with Crippen molar-refractivity contribution in [3.8, 4) is 17.2 Å². The predicted octanol–water partition coefficient (Wildman–Crippen LogP) is 2.89. The molecule has 0 aromatic heterocycles. The number of benzene rings is 2. The molecular weight excluding hydrogens is 486 g/mol. The first-order valence-corrected chi connectivity index (χ1v) is 10.2. The third-order valence-electron chi connectivity index (χ3n) is 3.89. The number of hydrazine groups is 1. The number of rotatable bonds is 7. The average molecular weight is 508 g/mol. The highest BCUT2D eigenvalue weighted by molar-refractivity contribution is 9.10. The van der Waals surface area contributed by atoms with Gasteiger partial charge in [-0.25, -0.2) is 0 Å². The molecule has 2 rings (SSSR count). The summed E-state index contributed by atoms with van der Waals surface area (Å²) in [5, 5.41) is 2.36. The van der Waals surface area contributed by atoms with Crippen LogP contribution in [0.15, 0.2) is 46.9 Å². The number of carbonyl (C=O) groups is 2. The molecule has 8 nitrogen and oxygen atoms in total. The maximum Gasteiger partial charge on any atom is 0.276 e. The van der Waals surface area contributed by atoms with Crippen molar-refractivity contribution in [2.75, 3.05) is 20.8 Å². The van der Waals surface area contributed by atoms with Gasteiger partial charge in [0, 0.05) is 10.5 Å². The molecule has 0 fully saturated rings. The van der Waals surface area contributed by atoms with Gasteiger partial charge in [0.15, 0.2) is 23.2 Å². The topological polar surface area (TPSA) is 97.9 Å². The molecule has 0 bridgehead atoms. The second-order valence-electron chi connectivity index (χ2n) is 6.14. The van der Waals surface area contributed by atoms with Crippen molar-refractivity contribution in [1.82, 2.24) is 16.2 Å². The highest BCUT2D eigenvalue weighted by atomic mass is 79.9. The second kappa shape index (κ2) is 11.9. The van der Waals surface area contributed by atoms with Gasteiger partial charge >= 0.3 is 0 Å². The Labute approximate surface area is 194 Å². The zero-order chi connectivity index (χ0) is 22.8. The van der Waals surface area contributed by atoms with Crippen LogP contribution in [-0.2, 0) is 9.59 Å². The van der Waals surface area contributed by atoms with Crippen LogP contribution in [0.1, 0.15) is 11.1 Å². The minimum Gasteiger partial charge on any atom is -0.493 e. The third-order valence-corrected chi connectivity index (χ3v) is 4.98. The number of hydrogen-bond donors (Lipinski definition) is 3.